The summed E-state index contributed by atoms with van der Waals surface area (Å²) in [4.78, 5) is 11.8. The minimum atomic E-state index is -0.293. The lowest BCUT2D eigenvalue weighted by Crippen LogP contribution is -2.24. The van der Waals surface area contributed by atoms with E-state index in [4.69, 9.17) is 11.6 Å². The van der Waals surface area contributed by atoms with Gasteiger partial charge in [0.25, 0.3) is 0 Å². The van der Waals surface area contributed by atoms with Gasteiger partial charge in [0.15, 0.2) is 0 Å². The molecule has 0 spiro atoms. The van der Waals surface area contributed by atoms with Gasteiger partial charge in [-0.2, -0.15) is 0 Å². The Bertz CT molecular complexity index is 652. The highest BCUT2D eigenvalue weighted by atomic mass is 35.5. The summed E-state index contributed by atoms with van der Waals surface area (Å²) in [5, 5.41) is 3.44. The maximum absolute atomic E-state index is 12.8. The molecule has 0 heterocycles. The lowest BCUT2D eigenvalue weighted by molar-refractivity contribution is -0.117. The summed E-state index contributed by atoms with van der Waals surface area (Å²) in [7, 11) is 0. The number of benzene rings is 2. The quantitative estimate of drug-likeness (QED) is 0.835. The molecule has 0 aliphatic heterocycles. The predicted molar refractivity (Wildman–Crippen MR) is 83.4 cm³/mol. The van der Waals surface area contributed by atoms with E-state index >= 15 is 0 Å². The van der Waals surface area contributed by atoms with Crippen LogP contribution < -0.4 is 5.32 Å². The van der Waals surface area contributed by atoms with Crippen molar-refractivity contribution in [3.8, 4) is 0 Å². The molecule has 1 atom stereocenters. The Morgan fingerprint density at radius 3 is 2.62 bits per heavy atom. The van der Waals surface area contributed by atoms with Crippen LogP contribution in [0.3, 0.4) is 0 Å². The van der Waals surface area contributed by atoms with Gasteiger partial charge in [0.05, 0.1) is 6.04 Å². The molecule has 2 aromatic carbocycles. The van der Waals surface area contributed by atoms with Gasteiger partial charge in [0, 0.05) is 11.1 Å². The van der Waals surface area contributed by atoms with Crippen molar-refractivity contribution in [2.45, 2.75) is 13.0 Å². The predicted octanol–water partition coefficient (Wildman–Crippen LogP) is 4.37. The van der Waals surface area contributed by atoms with E-state index in [0.717, 1.165) is 11.1 Å². The van der Waals surface area contributed by atoms with E-state index in [-0.39, 0.29) is 17.8 Å². The number of halogens is 2. The van der Waals surface area contributed by atoms with E-state index in [1.807, 2.05) is 19.1 Å². The molecule has 0 saturated heterocycles. The molecular weight excluding hydrogens is 289 g/mol. The van der Waals surface area contributed by atoms with E-state index < -0.39 is 0 Å². The molecule has 0 aliphatic rings. The van der Waals surface area contributed by atoms with Crippen molar-refractivity contribution in [2.24, 2.45) is 0 Å². The van der Waals surface area contributed by atoms with Gasteiger partial charge in [-0.05, 0) is 48.4 Å². The largest absolute Gasteiger partial charge is 0.346 e. The monoisotopic (exact) mass is 303 g/mol. The topological polar surface area (TPSA) is 29.1 Å². The normalized spacial score (nSPS) is 12.3. The zero-order valence-electron chi connectivity index (χ0n) is 11.5. The third-order valence-corrected chi connectivity index (χ3v) is 3.24. The summed E-state index contributed by atoms with van der Waals surface area (Å²) in [6, 6.07) is 13.1. The van der Waals surface area contributed by atoms with E-state index in [1.165, 1.54) is 18.2 Å². The van der Waals surface area contributed by atoms with Gasteiger partial charge in [-0.15, -0.1) is 0 Å². The molecule has 108 valence electrons. The van der Waals surface area contributed by atoms with Gasteiger partial charge in [-0.3, -0.25) is 4.79 Å². The van der Waals surface area contributed by atoms with Crippen LogP contribution in [-0.4, -0.2) is 5.91 Å². The van der Waals surface area contributed by atoms with Crippen molar-refractivity contribution in [2.75, 3.05) is 0 Å². The number of amides is 1. The molecular formula is C17H15ClFNO. The molecule has 2 aromatic rings. The molecule has 1 N–H and O–H groups in total. The summed E-state index contributed by atoms with van der Waals surface area (Å²) < 4.78 is 12.8. The highest BCUT2D eigenvalue weighted by Gasteiger charge is 2.07. The van der Waals surface area contributed by atoms with Gasteiger partial charge in [0.1, 0.15) is 5.82 Å². The number of rotatable bonds is 4. The average molecular weight is 304 g/mol. The van der Waals surface area contributed by atoms with Crippen molar-refractivity contribution in [1.82, 2.24) is 5.32 Å². The summed E-state index contributed by atoms with van der Waals surface area (Å²) in [5.74, 6) is -0.509. The first kappa shape index (κ1) is 15.3. The molecule has 0 fully saturated rings. The van der Waals surface area contributed by atoms with Crippen molar-refractivity contribution >= 4 is 23.6 Å². The second-order valence-electron chi connectivity index (χ2n) is 4.67. The van der Waals surface area contributed by atoms with Gasteiger partial charge in [-0.1, -0.05) is 35.9 Å². The third-order valence-electron chi connectivity index (χ3n) is 3.00. The van der Waals surface area contributed by atoms with E-state index in [0.29, 0.717) is 5.02 Å². The molecule has 21 heavy (non-hydrogen) atoms. The number of carbonyl (C=O) groups is 1. The number of carbonyl (C=O) groups excluding carboxylic acids is 1. The van der Waals surface area contributed by atoms with E-state index in [9.17, 15) is 9.18 Å². The summed E-state index contributed by atoms with van der Waals surface area (Å²) in [5.41, 5.74) is 1.70. The zero-order chi connectivity index (χ0) is 15.2. The fraction of sp³-hybridized carbons (Fsp3) is 0.118. The molecule has 0 aromatic heterocycles. The van der Waals surface area contributed by atoms with Gasteiger partial charge < -0.3 is 5.32 Å². The first-order chi connectivity index (χ1) is 10.0. The summed E-state index contributed by atoms with van der Waals surface area (Å²) >= 11 is 5.87. The Balaban J connectivity index is 1.96. The van der Waals surface area contributed by atoms with Gasteiger partial charge >= 0.3 is 0 Å². The summed E-state index contributed by atoms with van der Waals surface area (Å²) in [6.07, 6.45) is 3.14. The molecule has 2 nitrogen and oxygen atoms in total. The Labute approximate surface area is 128 Å². The Morgan fingerprint density at radius 1 is 1.24 bits per heavy atom. The molecule has 0 aliphatic carbocycles. The molecule has 1 amide bonds. The minimum absolute atomic E-state index is 0.192. The van der Waals surface area contributed by atoms with Crippen LogP contribution in [-0.2, 0) is 4.79 Å². The molecule has 0 saturated carbocycles. The third kappa shape index (κ3) is 4.72. The van der Waals surface area contributed by atoms with Crippen LogP contribution in [0.15, 0.2) is 54.6 Å². The second kappa shape index (κ2) is 7.04. The number of hydrogen-bond acceptors (Lipinski definition) is 1. The molecule has 4 heteroatoms. The average Bonchev–Trinajstić information content (AvgIpc) is 2.46. The fourth-order valence-electron chi connectivity index (χ4n) is 1.88. The maximum Gasteiger partial charge on any atom is 0.244 e. The van der Waals surface area contributed by atoms with Crippen LogP contribution in [0.1, 0.15) is 24.1 Å². The van der Waals surface area contributed by atoms with Crippen molar-refractivity contribution in [3.05, 3.63) is 76.6 Å². The first-order valence-corrected chi connectivity index (χ1v) is 6.92. The lowest BCUT2D eigenvalue weighted by atomic mass is 10.1. The standard InChI is InChI=1S/C17H15ClFNO/c1-12(14-6-8-16(19)9-7-14)20-17(21)10-5-13-3-2-4-15(18)11-13/h2-12H,1H3,(H,20,21)/b10-5+/t12-/m1/s1. The minimum Gasteiger partial charge on any atom is -0.346 e. The first-order valence-electron chi connectivity index (χ1n) is 6.54. The lowest BCUT2D eigenvalue weighted by Gasteiger charge is -2.12. The Kier molecular flexibility index (Phi) is 5.12. The molecule has 2 rings (SSSR count). The van der Waals surface area contributed by atoms with Crippen molar-refractivity contribution in [3.63, 3.8) is 0 Å². The Morgan fingerprint density at radius 2 is 1.95 bits per heavy atom. The van der Waals surface area contributed by atoms with E-state index in [2.05, 4.69) is 5.32 Å². The molecule has 0 bridgehead atoms. The maximum atomic E-state index is 12.8. The van der Waals surface area contributed by atoms with Crippen LogP contribution in [0.25, 0.3) is 6.08 Å². The SMILES string of the molecule is C[C@@H](NC(=O)/C=C/c1cccc(Cl)c1)c1ccc(F)cc1. The molecule has 0 radical (unpaired) electrons. The highest BCUT2D eigenvalue weighted by Crippen LogP contribution is 2.14. The summed E-state index contributed by atoms with van der Waals surface area (Å²) in [6.45, 7) is 1.85. The van der Waals surface area contributed by atoms with Gasteiger partial charge in [-0.25, -0.2) is 4.39 Å². The fourth-order valence-corrected chi connectivity index (χ4v) is 2.08. The second-order valence-corrected chi connectivity index (χ2v) is 5.11. The van der Waals surface area contributed by atoms with Crippen molar-refractivity contribution in [1.29, 1.82) is 0 Å². The van der Waals surface area contributed by atoms with Crippen LogP contribution in [0, 0.1) is 5.82 Å². The highest BCUT2D eigenvalue weighted by molar-refractivity contribution is 6.30. The Hall–Kier alpha value is -2.13. The number of hydrogen-bond donors (Lipinski definition) is 1. The van der Waals surface area contributed by atoms with Crippen LogP contribution in [0.4, 0.5) is 4.39 Å². The zero-order valence-corrected chi connectivity index (χ0v) is 12.3. The van der Waals surface area contributed by atoms with Gasteiger partial charge in [0.2, 0.25) is 5.91 Å². The van der Waals surface area contributed by atoms with Crippen LogP contribution >= 0.6 is 11.6 Å². The number of nitrogens with one attached hydrogen (secondary N) is 1. The van der Waals surface area contributed by atoms with Crippen molar-refractivity contribution < 1.29 is 9.18 Å². The smallest absolute Gasteiger partial charge is 0.244 e. The van der Waals surface area contributed by atoms with E-state index in [1.54, 1.807) is 30.3 Å². The van der Waals surface area contributed by atoms with Crippen LogP contribution in [0.2, 0.25) is 5.02 Å². The molecule has 0 unspecified atom stereocenters. The van der Waals surface area contributed by atoms with Crippen LogP contribution in [0.5, 0.6) is 0 Å².